The first-order valence-corrected chi connectivity index (χ1v) is 7.59. The molecule has 0 saturated carbocycles. The summed E-state index contributed by atoms with van der Waals surface area (Å²) < 4.78 is 20.0. The number of carbonyl (C=O) groups is 1. The lowest BCUT2D eigenvalue weighted by Crippen LogP contribution is -2.49. The van der Waals surface area contributed by atoms with E-state index in [0.717, 1.165) is 11.0 Å². The normalized spacial score (nSPS) is 20.4. The molecule has 0 spiro atoms. The van der Waals surface area contributed by atoms with Crippen LogP contribution in [0.25, 0.3) is 0 Å². The first kappa shape index (κ1) is 15.6. The van der Waals surface area contributed by atoms with Crippen molar-refractivity contribution in [1.82, 2.24) is 4.90 Å². The van der Waals surface area contributed by atoms with Crippen molar-refractivity contribution in [2.24, 2.45) is 0 Å². The summed E-state index contributed by atoms with van der Waals surface area (Å²) in [5.74, 6) is -0.412. The number of hydrogen-bond acceptors (Lipinski definition) is 3. The van der Waals surface area contributed by atoms with Gasteiger partial charge >= 0.3 is 0 Å². The molecule has 0 N–H and O–H groups in total. The van der Waals surface area contributed by atoms with E-state index >= 15 is 0 Å². The van der Waals surface area contributed by atoms with Crippen LogP contribution < -0.4 is 0 Å². The zero-order chi connectivity index (χ0) is 14.7. The zero-order valence-electron chi connectivity index (χ0n) is 11.7. The fraction of sp³-hybridized carbons (Fsp3) is 0.533. The van der Waals surface area contributed by atoms with Crippen molar-refractivity contribution in [3.05, 3.63) is 34.1 Å². The van der Waals surface area contributed by atoms with Crippen molar-refractivity contribution in [2.75, 3.05) is 19.7 Å². The van der Waals surface area contributed by atoms with Gasteiger partial charge in [0.15, 0.2) is 5.78 Å². The number of ketones is 1. The molecule has 1 saturated heterocycles. The Labute approximate surface area is 127 Å². The Hall–Kier alpha value is -0.780. The summed E-state index contributed by atoms with van der Waals surface area (Å²) in [6.07, 6.45) is -0.383. The van der Waals surface area contributed by atoms with Crippen LogP contribution in [0.3, 0.4) is 0 Å². The van der Waals surface area contributed by atoms with E-state index < -0.39 is 6.10 Å². The molecule has 5 heteroatoms. The largest absolute Gasteiger partial charge is 0.368 e. The van der Waals surface area contributed by atoms with Gasteiger partial charge in [-0.15, -0.1) is 0 Å². The molecule has 0 aromatic heterocycles. The van der Waals surface area contributed by atoms with Gasteiger partial charge in [0.2, 0.25) is 0 Å². The van der Waals surface area contributed by atoms with Crippen LogP contribution in [0.15, 0.2) is 22.7 Å². The Morgan fingerprint density at radius 3 is 3.00 bits per heavy atom. The molecule has 110 valence electrons. The molecule has 3 nitrogen and oxygen atoms in total. The van der Waals surface area contributed by atoms with Gasteiger partial charge in [0.05, 0.1) is 6.61 Å². The summed E-state index contributed by atoms with van der Waals surface area (Å²) >= 11 is 3.29. The molecule has 1 aromatic carbocycles. The predicted octanol–water partition coefficient (Wildman–Crippen LogP) is 2.81. The Morgan fingerprint density at radius 1 is 1.55 bits per heavy atom. The molecule has 0 radical (unpaired) electrons. The van der Waals surface area contributed by atoms with E-state index in [1.807, 2.05) is 0 Å². The molecule has 1 aromatic rings. The van der Waals surface area contributed by atoms with E-state index in [1.165, 1.54) is 6.07 Å². The fourth-order valence-electron chi connectivity index (χ4n) is 2.31. The van der Waals surface area contributed by atoms with E-state index in [0.29, 0.717) is 24.8 Å². The molecule has 1 atom stereocenters. The third-order valence-corrected chi connectivity index (χ3v) is 4.05. The number of nitrogens with zero attached hydrogens (tertiary/aromatic N) is 1. The topological polar surface area (TPSA) is 29.5 Å². The van der Waals surface area contributed by atoms with Crippen LogP contribution in [0, 0.1) is 5.82 Å². The molecule has 20 heavy (non-hydrogen) atoms. The summed E-state index contributed by atoms with van der Waals surface area (Å²) in [7, 11) is 0. The van der Waals surface area contributed by atoms with E-state index in [1.54, 1.807) is 12.1 Å². The lowest BCUT2D eigenvalue weighted by atomic mass is 10.0. The zero-order valence-corrected chi connectivity index (χ0v) is 13.3. The quantitative estimate of drug-likeness (QED) is 0.841. The summed E-state index contributed by atoms with van der Waals surface area (Å²) in [4.78, 5) is 14.5. The number of morpholine rings is 1. The molecular weight excluding hydrogens is 325 g/mol. The third-order valence-electron chi connectivity index (χ3n) is 3.56. The van der Waals surface area contributed by atoms with Gasteiger partial charge in [-0.1, -0.05) is 15.9 Å². The van der Waals surface area contributed by atoms with Crippen LogP contribution in [0.2, 0.25) is 0 Å². The van der Waals surface area contributed by atoms with Crippen LogP contribution in [-0.2, 0) is 16.0 Å². The molecule has 1 aliphatic heterocycles. The first-order valence-electron chi connectivity index (χ1n) is 6.79. The highest BCUT2D eigenvalue weighted by Crippen LogP contribution is 2.18. The van der Waals surface area contributed by atoms with Gasteiger partial charge in [-0.2, -0.15) is 0 Å². The van der Waals surface area contributed by atoms with Crippen molar-refractivity contribution >= 4 is 21.7 Å². The number of benzene rings is 1. The second kappa shape index (κ2) is 6.78. The second-order valence-corrected chi connectivity index (χ2v) is 6.24. The Balaban J connectivity index is 2.02. The molecule has 0 aliphatic carbocycles. The van der Waals surface area contributed by atoms with E-state index in [-0.39, 0.29) is 18.0 Å². The monoisotopic (exact) mass is 343 g/mol. The standard InChI is InChI=1S/C15H19BrFNO2/c1-10(2)18-5-6-20-15(9-18)14(19)8-11-7-12(16)3-4-13(11)17/h3-4,7,10,15H,5-6,8-9H2,1-2H3. The Kier molecular flexibility index (Phi) is 5.29. The number of Topliss-reactive ketones (excluding diaryl/α,β-unsaturated/α-hetero) is 1. The van der Waals surface area contributed by atoms with Crippen LogP contribution in [0.1, 0.15) is 19.4 Å². The van der Waals surface area contributed by atoms with E-state index in [2.05, 4.69) is 34.7 Å². The number of ether oxygens (including phenoxy) is 1. The average molecular weight is 344 g/mol. The maximum absolute atomic E-state index is 13.7. The van der Waals surface area contributed by atoms with Gasteiger partial charge in [0.1, 0.15) is 11.9 Å². The van der Waals surface area contributed by atoms with Crippen molar-refractivity contribution in [2.45, 2.75) is 32.4 Å². The smallest absolute Gasteiger partial charge is 0.167 e. The molecule has 1 unspecified atom stereocenters. The molecule has 1 heterocycles. The van der Waals surface area contributed by atoms with Crippen LogP contribution in [0.4, 0.5) is 4.39 Å². The highest BCUT2D eigenvalue weighted by molar-refractivity contribution is 9.10. The minimum absolute atomic E-state index is 0.0626. The van der Waals surface area contributed by atoms with Gasteiger partial charge in [-0.25, -0.2) is 4.39 Å². The molecule has 1 fully saturated rings. The average Bonchev–Trinajstić information content (AvgIpc) is 2.43. The lowest BCUT2D eigenvalue weighted by Gasteiger charge is -2.34. The summed E-state index contributed by atoms with van der Waals surface area (Å²) in [6, 6.07) is 5.03. The summed E-state index contributed by atoms with van der Waals surface area (Å²) in [5, 5.41) is 0. The second-order valence-electron chi connectivity index (χ2n) is 5.33. The Morgan fingerprint density at radius 2 is 2.30 bits per heavy atom. The highest BCUT2D eigenvalue weighted by atomic mass is 79.9. The Bertz CT molecular complexity index is 493. The van der Waals surface area contributed by atoms with Crippen LogP contribution in [0.5, 0.6) is 0 Å². The van der Waals surface area contributed by atoms with Crippen molar-refractivity contribution in [3.8, 4) is 0 Å². The minimum atomic E-state index is -0.454. The van der Waals surface area contributed by atoms with Crippen molar-refractivity contribution < 1.29 is 13.9 Å². The number of halogens is 2. The summed E-state index contributed by atoms with van der Waals surface area (Å²) in [6.45, 7) is 6.18. The van der Waals surface area contributed by atoms with Gasteiger partial charge in [0.25, 0.3) is 0 Å². The number of carbonyl (C=O) groups excluding carboxylic acids is 1. The fourth-order valence-corrected chi connectivity index (χ4v) is 2.72. The lowest BCUT2D eigenvalue weighted by molar-refractivity contribution is -0.136. The van der Waals surface area contributed by atoms with Gasteiger partial charge in [-0.05, 0) is 37.6 Å². The third kappa shape index (κ3) is 3.87. The minimum Gasteiger partial charge on any atom is -0.368 e. The first-order chi connectivity index (χ1) is 9.47. The SMILES string of the molecule is CC(C)N1CCOC(C(=O)Cc2cc(Br)ccc2F)C1. The number of hydrogen-bond donors (Lipinski definition) is 0. The summed E-state index contributed by atoms with van der Waals surface area (Å²) in [5.41, 5.74) is 0.412. The maximum Gasteiger partial charge on any atom is 0.167 e. The van der Waals surface area contributed by atoms with Crippen LogP contribution >= 0.6 is 15.9 Å². The van der Waals surface area contributed by atoms with Gasteiger partial charge in [0, 0.05) is 30.0 Å². The maximum atomic E-state index is 13.7. The van der Waals surface area contributed by atoms with Gasteiger partial charge in [-0.3, -0.25) is 9.69 Å². The van der Waals surface area contributed by atoms with Crippen LogP contribution in [-0.4, -0.2) is 42.5 Å². The van der Waals surface area contributed by atoms with E-state index in [9.17, 15) is 9.18 Å². The predicted molar refractivity (Wildman–Crippen MR) is 79.3 cm³/mol. The molecule has 1 aliphatic rings. The van der Waals surface area contributed by atoms with Crippen molar-refractivity contribution in [1.29, 1.82) is 0 Å². The highest BCUT2D eigenvalue weighted by Gasteiger charge is 2.28. The molecule has 0 amide bonds. The van der Waals surface area contributed by atoms with Gasteiger partial charge < -0.3 is 4.74 Å². The molecule has 2 rings (SSSR count). The molecular formula is C15H19BrFNO2. The van der Waals surface area contributed by atoms with Crippen molar-refractivity contribution in [3.63, 3.8) is 0 Å². The molecule has 0 bridgehead atoms. The van der Waals surface area contributed by atoms with E-state index in [4.69, 9.17) is 4.74 Å². The number of rotatable bonds is 4.